The number of ketones is 1. The first-order valence-electron chi connectivity index (χ1n) is 7.90. The largest absolute Gasteiger partial charge is 0.475 e. The molecule has 1 aliphatic rings. The number of allylic oxidation sites excluding steroid dienone is 4. The summed E-state index contributed by atoms with van der Waals surface area (Å²) in [4.78, 5) is 21.1. The number of carbonyl (C=O) groups is 2. The highest BCUT2D eigenvalue weighted by molar-refractivity contribution is 6.33. The predicted octanol–water partition coefficient (Wildman–Crippen LogP) is 4.92. The van der Waals surface area contributed by atoms with Crippen LogP contribution >= 0.6 is 0 Å². The van der Waals surface area contributed by atoms with E-state index in [2.05, 4.69) is 39.8 Å². The molecule has 3 heteroatoms. The average molecular weight is 294 g/mol. The first kappa shape index (κ1) is 19.6. The summed E-state index contributed by atoms with van der Waals surface area (Å²) in [5.74, 6) is -2.05. The Labute approximate surface area is 129 Å². The summed E-state index contributed by atoms with van der Waals surface area (Å²) >= 11 is 0. The summed E-state index contributed by atoms with van der Waals surface area (Å²) in [6.07, 6.45) is 11.6. The lowest BCUT2D eigenvalue weighted by atomic mass is 9.86. The minimum absolute atomic E-state index is 0.193. The van der Waals surface area contributed by atoms with Crippen LogP contribution in [0.5, 0.6) is 0 Å². The molecule has 1 rings (SSSR count). The van der Waals surface area contributed by atoms with E-state index in [1.165, 1.54) is 24.0 Å². The number of rotatable bonds is 5. The van der Waals surface area contributed by atoms with Crippen molar-refractivity contribution in [3.8, 4) is 0 Å². The van der Waals surface area contributed by atoms with Gasteiger partial charge in [0.2, 0.25) is 5.78 Å². The number of carbonyl (C=O) groups excluding carboxylic acids is 1. The van der Waals surface area contributed by atoms with E-state index in [1.54, 1.807) is 0 Å². The molecule has 0 heterocycles. The van der Waals surface area contributed by atoms with Crippen molar-refractivity contribution in [2.75, 3.05) is 0 Å². The zero-order chi connectivity index (χ0) is 16.3. The maximum Gasteiger partial charge on any atom is 0.372 e. The second-order valence-corrected chi connectivity index (χ2v) is 5.96. The molecular formula is C18H30O3. The Morgan fingerprint density at radius 1 is 1.10 bits per heavy atom. The van der Waals surface area contributed by atoms with Crippen LogP contribution in [0.15, 0.2) is 23.3 Å². The van der Waals surface area contributed by atoms with Crippen LogP contribution in [0.2, 0.25) is 0 Å². The Morgan fingerprint density at radius 3 is 2.10 bits per heavy atom. The summed E-state index contributed by atoms with van der Waals surface area (Å²) in [6.45, 7) is 8.56. The lowest BCUT2D eigenvalue weighted by Crippen LogP contribution is -2.24. The van der Waals surface area contributed by atoms with Crippen molar-refractivity contribution in [3.63, 3.8) is 0 Å². The van der Waals surface area contributed by atoms with Gasteiger partial charge in [0, 0.05) is 5.92 Å². The number of aliphatic carboxylic acids is 1. The van der Waals surface area contributed by atoms with E-state index in [1.807, 2.05) is 0 Å². The number of carboxylic acid groups (broad SMARTS) is 1. The SMILES string of the molecule is CC=C(C)CCC=C(C)C.O=C(O)C(=O)C1CCCCC1. The summed E-state index contributed by atoms with van der Waals surface area (Å²) in [6, 6.07) is 0. The van der Waals surface area contributed by atoms with Gasteiger partial charge in [0.05, 0.1) is 0 Å². The molecule has 0 aliphatic heterocycles. The molecule has 0 radical (unpaired) electrons. The molecule has 1 fully saturated rings. The molecule has 1 N–H and O–H groups in total. The van der Waals surface area contributed by atoms with Crippen molar-refractivity contribution in [1.82, 2.24) is 0 Å². The third-order valence-corrected chi connectivity index (χ3v) is 3.77. The Kier molecular flexibility index (Phi) is 10.6. The molecule has 120 valence electrons. The van der Waals surface area contributed by atoms with Crippen molar-refractivity contribution in [2.45, 2.75) is 72.6 Å². The normalized spacial score (nSPS) is 15.7. The van der Waals surface area contributed by atoms with Gasteiger partial charge in [-0.05, 0) is 53.4 Å². The van der Waals surface area contributed by atoms with Crippen LogP contribution in [-0.4, -0.2) is 16.9 Å². The minimum atomic E-state index is -1.27. The second kappa shape index (κ2) is 11.3. The second-order valence-electron chi connectivity index (χ2n) is 5.96. The molecule has 3 nitrogen and oxygen atoms in total. The van der Waals surface area contributed by atoms with E-state index in [0.29, 0.717) is 0 Å². The zero-order valence-corrected chi connectivity index (χ0v) is 13.9. The summed E-state index contributed by atoms with van der Waals surface area (Å²) in [5, 5.41) is 8.38. The smallest absolute Gasteiger partial charge is 0.372 e. The first-order chi connectivity index (χ1) is 9.88. The highest BCUT2D eigenvalue weighted by Crippen LogP contribution is 2.24. The van der Waals surface area contributed by atoms with Gasteiger partial charge >= 0.3 is 5.97 Å². The van der Waals surface area contributed by atoms with Crippen LogP contribution in [-0.2, 0) is 9.59 Å². The van der Waals surface area contributed by atoms with Crippen molar-refractivity contribution >= 4 is 11.8 Å². The molecule has 0 unspecified atom stereocenters. The van der Waals surface area contributed by atoms with E-state index in [-0.39, 0.29) is 5.92 Å². The summed E-state index contributed by atoms with van der Waals surface area (Å²) in [5.41, 5.74) is 2.90. The molecule has 0 saturated heterocycles. The van der Waals surface area contributed by atoms with Crippen LogP contribution in [0.1, 0.15) is 72.6 Å². The van der Waals surface area contributed by atoms with Gasteiger partial charge < -0.3 is 5.11 Å². The Balaban J connectivity index is 0.000000384. The number of hydrogen-bond donors (Lipinski definition) is 1. The monoisotopic (exact) mass is 294 g/mol. The first-order valence-corrected chi connectivity index (χ1v) is 7.90. The summed E-state index contributed by atoms with van der Waals surface area (Å²) in [7, 11) is 0. The van der Waals surface area contributed by atoms with Gasteiger partial charge in [-0.15, -0.1) is 0 Å². The summed E-state index contributed by atoms with van der Waals surface area (Å²) < 4.78 is 0. The van der Waals surface area contributed by atoms with Crippen molar-refractivity contribution in [1.29, 1.82) is 0 Å². The quantitative estimate of drug-likeness (QED) is 0.578. The van der Waals surface area contributed by atoms with Crippen LogP contribution in [0, 0.1) is 5.92 Å². The molecule has 0 amide bonds. The van der Waals surface area contributed by atoms with Crippen molar-refractivity contribution in [3.05, 3.63) is 23.3 Å². The zero-order valence-electron chi connectivity index (χ0n) is 13.9. The van der Waals surface area contributed by atoms with Gasteiger partial charge in [0.1, 0.15) is 0 Å². The molecule has 0 bridgehead atoms. The maximum atomic E-state index is 10.9. The fourth-order valence-electron chi connectivity index (χ4n) is 2.27. The number of Topliss-reactive ketones (excluding diaryl/α,β-unsaturated/α-hetero) is 1. The minimum Gasteiger partial charge on any atom is -0.475 e. The van der Waals surface area contributed by atoms with Gasteiger partial charge in [0.25, 0.3) is 0 Å². The molecule has 21 heavy (non-hydrogen) atoms. The van der Waals surface area contributed by atoms with Gasteiger partial charge in [-0.1, -0.05) is 42.6 Å². The molecule has 1 aliphatic carbocycles. The van der Waals surface area contributed by atoms with Gasteiger partial charge in [-0.3, -0.25) is 4.79 Å². The highest BCUT2D eigenvalue weighted by atomic mass is 16.4. The van der Waals surface area contributed by atoms with E-state index in [9.17, 15) is 9.59 Å². The van der Waals surface area contributed by atoms with E-state index < -0.39 is 11.8 Å². The van der Waals surface area contributed by atoms with Gasteiger partial charge in [-0.25, -0.2) is 4.79 Å². The van der Waals surface area contributed by atoms with Crippen molar-refractivity contribution < 1.29 is 14.7 Å². The topological polar surface area (TPSA) is 54.4 Å². The maximum absolute atomic E-state index is 10.9. The lowest BCUT2D eigenvalue weighted by molar-refractivity contribution is -0.151. The average Bonchev–Trinajstić information content (AvgIpc) is 2.47. The number of hydrogen-bond acceptors (Lipinski definition) is 2. The highest BCUT2D eigenvalue weighted by Gasteiger charge is 2.25. The van der Waals surface area contributed by atoms with Gasteiger partial charge in [0.15, 0.2) is 0 Å². The fourth-order valence-corrected chi connectivity index (χ4v) is 2.27. The molecule has 0 atom stereocenters. The molecule has 0 spiro atoms. The predicted molar refractivity (Wildman–Crippen MR) is 87.3 cm³/mol. The van der Waals surface area contributed by atoms with Crippen molar-refractivity contribution in [2.24, 2.45) is 5.92 Å². The molecule has 0 aromatic rings. The Bertz CT molecular complexity index is 381. The lowest BCUT2D eigenvalue weighted by Gasteiger charge is -2.17. The number of carboxylic acids is 1. The Hall–Kier alpha value is -1.38. The van der Waals surface area contributed by atoms with E-state index in [0.717, 1.165) is 32.1 Å². The molecule has 0 aromatic carbocycles. The van der Waals surface area contributed by atoms with Crippen LogP contribution in [0.25, 0.3) is 0 Å². The van der Waals surface area contributed by atoms with Crippen LogP contribution in [0.3, 0.4) is 0 Å². The molecule has 0 aromatic heterocycles. The third-order valence-electron chi connectivity index (χ3n) is 3.77. The standard InChI is InChI=1S/C10H18.C8H12O3/c1-5-10(4)8-6-7-9(2)3;9-7(8(10)11)6-4-2-1-3-5-6/h5,7H,6,8H2,1-4H3;6H,1-5H2,(H,10,11). The van der Waals surface area contributed by atoms with Crippen LogP contribution in [0.4, 0.5) is 0 Å². The van der Waals surface area contributed by atoms with Crippen LogP contribution < -0.4 is 0 Å². The molecule has 1 saturated carbocycles. The Morgan fingerprint density at radius 2 is 1.67 bits per heavy atom. The van der Waals surface area contributed by atoms with E-state index >= 15 is 0 Å². The molecular weight excluding hydrogens is 264 g/mol. The van der Waals surface area contributed by atoms with Gasteiger partial charge in [-0.2, -0.15) is 0 Å². The third kappa shape index (κ3) is 10.1. The van der Waals surface area contributed by atoms with E-state index in [4.69, 9.17) is 5.11 Å². The fraction of sp³-hybridized carbons (Fsp3) is 0.667.